The third kappa shape index (κ3) is 3.55. The number of rotatable bonds is 4. The molecule has 4 nitrogen and oxygen atoms in total. The predicted octanol–water partition coefficient (Wildman–Crippen LogP) is 3.14. The molecule has 0 N–H and O–H groups in total. The van der Waals surface area contributed by atoms with E-state index in [-0.39, 0.29) is 22.2 Å². The topological polar surface area (TPSA) is 61.2 Å². The Kier molecular flexibility index (Phi) is 5.10. The molecule has 5 heteroatoms. The number of nitriles is 1. The molecule has 1 amide bonds. The second-order valence-electron chi connectivity index (χ2n) is 7.49. The van der Waals surface area contributed by atoms with Crippen LogP contribution in [0.1, 0.15) is 38.7 Å². The maximum atomic E-state index is 13.3. The lowest BCUT2D eigenvalue weighted by molar-refractivity contribution is -0.133. The Balaban J connectivity index is 1.95. The van der Waals surface area contributed by atoms with E-state index in [0.29, 0.717) is 17.8 Å². The number of hydrogen-bond donors (Lipinski definition) is 0. The van der Waals surface area contributed by atoms with Gasteiger partial charge < -0.3 is 4.90 Å². The molecule has 1 aromatic carbocycles. The summed E-state index contributed by atoms with van der Waals surface area (Å²) in [4.78, 5) is 28.0. The van der Waals surface area contributed by atoms with Gasteiger partial charge in [0.2, 0.25) is 11.7 Å². The number of nitrogens with zero attached hydrogens (tertiary/aromatic N) is 2. The highest BCUT2D eigenvalue weighted by molar-refractivity contribution is 8.17. The van der Waals surface area contributed by atoms with Gasteiger partial charge in [0.15, 0.2) is 0 Å². The summed E-state index contributed by atoms with van der Waals surface area (Å²) in [7, 11) is -0.229. The lowest BCUT2D eigenvalue weighted by atomic mass is 9.81. The number of likely N-dealkylation sites (tertiary alicyclic amines) is 1. The second kappa shape index (κ2) is 7.13. The average molecular weight is 356 g/mol. The normalized spacial score (nSPS) is 22.8. The summed E-state index contributed by atoms with van der Waals surface area (Å²) in [6.45, 7) is 4.35. The number of benzene rings is 1. The summed E-state index contributed by atoms with van der Waals surface area (Å²) in [6.07, 6.45) is 2.52. The first-order chi connectivity index (χ1) is 11.9. The SMILES string of the molecule is CC1(C)CC(=O)N(Cc2ccccc2)C1C(=O)C(C#N)=S1CCCC1. The zero-order chi connectivity index (χ0) is 18.0. The first-order valence-corrected chi connectivity index (χ1v) is 10.3. The minimum atomic E-state index is -0.539. The van der Waals surface area contributed by atoms with E-state index in [0.717, 1.165) is 29.9 Å². The minimum absolute atomic E-state index is 0.000696. The second-order valence-corrected chi connectivity index (χ2v) is 9.70. The summed E-state index contributed by atoms with van der Waals surface area (Å²) in [5, 5.41) is 9.62. The lowest BCUT2D eigenvalue weighted by Crippen LogP contribution is -2.46. The molecule has 0 radical (unpaired) electrons. The number of carbonyl (C=O) groups is 2. The van der Waals surface area contributed by atoms with Crippen molar-refractivity contribution >= 4 is 27.0 Å². The molecule has 2 aliphatic rings. The Morgan fingerprint density at radius 3 is 2.52 bits per heavy atom. The van der Waals surface area contributed by atoms with Crippen molar-refractivity contribution in [2.24, 2.45) is 5.41 Å². The van der Waals surface area contributed by atoms with Crippen molar-refractivity contribution in [1.29, 1.82) is 5.26 Å². The summed E-state index contributed by atoms with van der Waals surface area (Å²) >= 11 is 0. The standard InChI is InChI=1S/C20H24N2O2S/c1-20(2)12-17(23)22(14-15-8-4-3-5-9-15)19(20)18(24)16(13-21)25-10-6-7-11-25/h3-5,8-9,19H,6-7,10-12,14H2,1-2H3. The van der Waals surface area contributed by atoms with Gasteiger partial charge in [0.05, 0.1) is 0 Å². The van der Waals surface area contributed by atoms with Gasteiger partial charge in [-0.2, -0.15) is 15.7 Å². The maximum Gasteiger partial charge on any atom is 0.224 e. The van der Waals surface area contributed by atoms with Crippen LogP contribution in [0.3, 0.4) is 0 Å². The fourth-order valence-corrected chi connectivity index (χ4v) is 6.10. The van der Waals surface area contributed by atoms with Gasteiger partial charge in [-0.1, -0.05) is 44.2 Å². The Labute approximate surface area is 151 Å². The number of ketones is 1. The van der Waals surface area contributed by atoms with Crippen LogP contribution in [0.25, 0.3) is 0 Å². The van der Waals surface area contributed by atoms with E-state index in [9.17, 15) is 14.9 Å². The van der Waals surface area contributed by atoms with Gasteiger partial charge in [0, 0.05) is 18.4 Å². The van der Waals surface area contributed by atoms with Gasteiger partial charge in [-0.05, 0) is 29.9 Å². The van der Waals surface area contributed by atoms with Crippen LogP contribution in [0.5, 0.6) is 0 Å². The molecule has 2 fully saturated rings. The first kappa shape index (κ1) is 17.9. The highest BCUT2D eigenvalue weighted by Crippen LogP contribution is 2.40. The van der Waals surface area contributed by atoms with E-state index in [4.69, 9.17) is 0 Å². The van der Waals surface area contributed by atoms with Crippen molar-refractivity contribution in [2.75, 3.05) is 11.5 Å². The number of carbonyl (C=O) groups excluding carboxylic acids is 2. The van der Waals surface area contributed by atoms with Crippen molar-refractivity contribution in [2.45, 2.75) is 45.7 Å². The molecule has 1 atom stereocenters. The molecule has 2 aliphatic heterocycles. The number of Topliss-reactive ketones (excluding diaryl/α,β-unsaturated/α-hetero) is 1. The van der Waals surface area contributed by atoms with E-state index in [1.807, 2.05) is 44.2 Å². The summed E-state index contributed by atoms with van der Waals surface area (Å²) < 4.78 is 0. The molecule has 0 aliphatic carbocycles. The molecule has 0 bridgehead atoms. The van der Waals surface area contributed by atoms with Crippen LogP contribution in [-0.4, -0.2) is 39.0 Å². The molecule has 132 valence electrons. The van der Waals surface area contributed by atoms with E-state index >= 15 is 0 Å². The third-order valence-corrected chi connectivity index (χ3v) is 7.50. The molecular formula is C20H24N2O2S. The smallest absolute Gasteiger partial charge is 0.224 e. The molecule has 25 heavy (non-hydrogen) atoms. The fraction of sp³-hybridized carbons (Fsp3) is 0.500. The quantitative estimate of drug-likeness (QED) is 0.779. The Morgan fingerprint density at radius 1 is 1.28 bits per heavy atom. The highest BCUT2D eigenvalue weighted by Gasteiger charge is 2.50. The fourth-order valence-electron chi connectivity index (χ4n) is 3.85. The van der Waals surface area contributed by atoms with Crippen molar-refractivity contribution in [3.05, 3.63) is 35.9 Å². The van der Waals surface area contributed by atoms with Crippen molar-refractivity contribution in [3.63, 3.8) is 0 Å². The molecule has 1 aromatic rings. The van der Waals surface area contributed by atoms with Crippen molar-refractivity contribution < 1.29 is 9.59 Å². The largest absolute Gasteiger partial charge is 0.327 e. The Hall–Kier alpha value is -1.93. The van der Waals surface area contributed by atoms with Crippen LogP contribution in [-0.2, 0) is 16.1 Å². The lowest BCUT2D eigenvalue weighted by Gasteiger charge is -2.31. The van der Waals surface area contributed by atoms with E-state index < -0.39 is 11.5 Å². The third-order valence-electron chi connectivity index (χ3n) is 5.07. The maximum absolute atomic E-state index is 13.3. The summed E-state index contributed by atoms with van der Waals surface area (Å²) in [5.41, 5.74) is 0.557. The molecular weight excluding hydrogens is 332 g/mol. The summed E-state index contributed by atoms with van der Waals surface area (Å²) in [6, 6.07) is 11.4. The van der Waals surface area contributed by atoms with Gasteiger partial charge in [0.1, 0.15) is 17.0 Å². The molecule has 0 aromatic heterocycles. The van der Waals surface area contributed by atoms with E-state index in [1.165, 1.54) is 0 Å². The van der Waals surface area contributed by atoms with Crippen LogP contribution >= 0.6 is 10.5 Å². The molecule has 3 rings (SSSR count). The molecule has 0 spiro atoms. The monoisotopic (exact) mass is 356 g/mol. The first-order valence-electron chi connectivity index (χ1n) is 8.76. The zero-order valence-corrected chi connectivity index (χ0v) is 15.6. The van der Waals surface area contributed by atoms with Gasteiger partial charge in [0.25, 0.3) is 0 Å². The van der Waals surface area contributed by atoms with Gasteiger partial charge in [-0.25, -0.2) is 0 Å². The molecule has 2 heterocycles. The van der Waals surface area contributed by atoms with E-state index in [2.05, 4.69) is 6.07 Å². The Bertz CT molecular complexity index is 754. The van der Waals surface area contributed by atoms with Crippen LogP contribution in [0.4, 0.5) is 0 Å². The minimum Gasteiger partial charge on any atom is -0.327 e. The van der Waals surface area contributed by atoms with Crippen molar-refractivity contribution in [1.82, 2.24) is 4.90 Å². The van der Waals surface area contributed by atoms with Crippen LogP contribution in [0.2, 0.25) is 0 Å². The van der Waals surface area contributed by atoms with E-state index in [1.54, 1.807) is 4.90 Å². The molecule has 1 unspecified atom stereocenters. The predicted molar refractivity (Wildman–Crippen MR) is 101 cm³/mol. The van der Waals surface area contributed by atoms with Crippen molar-refractivity contribution in [3.8, 4) is 6.07 Å². The molecule has 0 saturated carbocycles. The van der Waals surface area contributed by atoms with Crippen LogP contribution in [0.15, 0.2) is 30.3 Å². The zero-order valence-electron chi connectivity index (χ0n) is 14.8. The van der Waals surface area contributed by atoms with Gasteiger partial charge >= 0.3 is 0 Å². The highest BCUT2D eigenvalue weighted by atomic mass is 32.2. The van der Waals surface area contributed by atoms with Gasteiger partial charge in [-0.15, -0.1) is 0 Å². The van der Waals surface area contributed by atoms with Crippen LogP contribution in [0, 0.1) is 16.7 Å². The summed E-state index contributed by atoms with van der Waals surface area (Å²) in [5.74, 6) is 1.75. The number of hydrogen-bond acceptors (Lipinski definition) is 3. The Morgan fingerprint density at radius 2 is 1.92 bits per heavy atom. The van der Waals surface area contributed by atoms with Crippen LogP contribution < -0.4 is 0 Å². The van der Waals surface area contributed by atoms with Gasteiger partial charge in [-0.3, -0.25) is 9.59 Å². The molecule has 2 saturated heterocycles. The average Bonchev–Trinajstić information content (AvgIpc) is 3.16. The number of amides is 1.